The van der Waals surface area contributed by atoms with Crippen molar-refractivity contribution in [3.63, 3.8) is 0 Å². The summed E-state index contributed by atoms with van der Waals surface area (Å²) in [5.74, 6) is -1.61. The Hall–Kier alpha value is -6.62. The Labute approximate surface area is 331 Å². The van der Waals surface area contributed by atoms with Gasteiger partial charge in [0.25, 0.3) is 24.1 Å². The van der Waals surface area contributed by atoms with Crippen LogP contribution < -0.4 is 21.3 Å². The van der Waals surface area contributed by atoms with Crippen molar-refractivity contribution in [3.05, 3.63) is 112 Å². The number of nitrogens with one attached hydrogen (secondary N) is 4. The lowest BCUT2D eigenvalue weighted by molar-refractivity contribution is -0.136. The number of hydrogen-bond donors (Lipinski definition) is 4. The Bertz CT molecular complexity index is 2330. The van der Waals surface area contributed by atoms with E-state index in [-0.39, 0.29) is 41.2 Å². The highest BCUT2D eigenvalue weighted by molar-refractivity contribution is 6.24. The van der Waals surface area contributed by atoms with Crippen molar-refractivity contribution in [1.29, 1.82) is 0 Å². The van der Waals surface area contributed by atoms with Gasteiger partial charge in [0.2, 0.25) is 17.7 Å². The van der Waals surface area contributed by atoms with Crippen molar-refractivity contribution >= 4 is 47.5 Å². The number of halogens is 2. The molecule has 2 aromatic heterocycles. The zero-order chi connectivity index (χ0) is 40.9. The third-order valence-electron chi connectivity index (χ3n) is 10.1. The van der Waals surface area contributed by atoms with Crippen LogP contribution in [-0.4, -0.2) is 75.0 Å². The zero-order valence-corrected chi connectivity index (χ0v) is 31.6. The predicted molar refractivity (Wildman–Crippen MR) is 208 cm³/mol. The fourth-order valence-corrected chi connectivity index (χ4v) is 6.81. The molecule has 1 saturated heterocycles. The standard InChI is InChI=1S/C41H41F2N9O6/c1-3-25(18-32(44-2)46-20-24-9-10-24)39-48-30(22-58-39)37(54)47-29-21-51(50-35(29)36(42)43)27-13-11-23(12-14-27)19-45-17-5-7-26-6-4-8-28-34(26)41(57)52(40(28)56)31-15-16-33(53)49-38(31)55/h3-4,6,8,11-14,18,21-22,24,31,36,45-46H,2,5,7,9-10,15-17,19-20H2,1H3,(H,47,54)(H,49,53,55)/b25-3+,32-18+. The number of anilines is 1. The molecule has 0 spiro atoms. The summed E-state index contributed by atoms with van der Waals surface area (Å²) < 4.78 is 34.9. The van der Waals surface area contributed by atoms with Crippen LogP contribution in [0.1, 0.15) is 99.4 Å². The highest BCUT2D eigenvalue weighted by Gasteiger charge is 2.45. The van der Waals surface area contributed by atoms with Crippen LogP contribution in [0, 0.1) is 5.92 Å². The first-order valence-corrected chi connectivity index (χ1v) is 18.9. The molecular formula is C41H41F2N9O6. The fraction of sp³-hybridized carbons (Fsp3) is 0.317. The van der Waals surface area contributed by atoms with Crippen LogP contribution in [0.2, 0.25) is 0 Å². The van der Waals surface area contributed by atoms with E-state index in [1.807, 2.05) is 12.1 Å². The lowest BCUT2D eigenvalue weighted by Crippen LogP contribution is -2.54. The van der Waals surface area contributed by atoms with E-state index in [0.29, 0.717) is 54.5 Å². The number of allylic oxidation sites excluding steroid dienone is 3. The molecule has 0 radical (unpaired) electrons. The van der Waals surface area contributed by atoms with Crippen LogP contribution >= 0.6 is 0 Å². The summed E-state index contributed by atoms with van der Waals surface area (Å²) in [6.07, 6.45) is 6.55. The number of aliphatic imine (C=N–C) groups is 1. The molecule has 1 saturated carbocycles. The van der Waals surface area contributed by atoms with Gasteiger partial charge in [0.1, 0.15) is 18.1 Å². The van der Waals surface area contributed by atoms with Crippen LogP contribution in [0.25, 0.3) is 11.3 Å². The van der Waals surface area contributed by atoms with Crippen molar-refractivity contribution in [2.45, 2.75) is 64.5 Å². The minimum atomic E-state index is -2.97. The number of alkyl halides is 2. The first kappa shape index (κ1) is 39.6. The number of nitrogens with zero attached hydrogens (tertiary/aromatic N) is 5. The minimum Gasteiger partial charge on any atom is -0.444 e. The third kappa shape index (κ3) is 8.68. The molecule has 5 amide bonds. The second kappa shape index (κ2) is 17.3. The van der Waals surface area contributed by atoms with Crippen molar-refractivity contribution in [3.8, 4) is 5.69 Å². The summed E-state index contributed by atoms with van der Waals surface area (Å²) in [6, 6.07) is 11.1. The van der Waals surface area contributed by atoms with Gasteiger partial charge in [-0.2, -0.15) is 5.10 Å². The number of carbonyl (C=O) groups excluding carboxylic acids is 5. The van der Waals surface area contributed by atoms with Crippen molar-refractivity contribution in [2.24, 2.45) is 10.9 Å². The van der Waals surface area contributed by atoms with Gasteiger partial charge in [0, 0.05) is 25.1 Å². The second-order valence-corrected chi connectivity index (χ2v) is 14.2. The molecule has 15 nitrogen and oxygen atoms in total. The number of hydrogen-bond acceptors (Lipinski definition) is 11. The van der Waals surface area contributed by atoms with E-state index in [9.17, 15) is 32.8 Å². The molecule has 2 fully saturated rings. The van der Waals surface area contributed by atoms with Gasteiger partial charge in [-0.15, -0.1) is 0 Å². The van der Waals surface area contributed by atoms with Crippen LogP contribution in [0.3, 0.4) is 0 Å². The summed E-state index contributed by atoms with van der Waals surface area (Å²) in [6.45, 7) is 7.22. The summed E-state index contributed by atoms with van der Waals surface area (Å²) in [7, 11) is 0. The first-order chi connectivity index (χ1) is 28.0. The zero-order valence-electron chi connectivity index (χ0n) is 31.6. The Morgan fingerprint density at radius 3 is 2.60 bits per heavy atom. The van der Waals surface area contributed by atoms with Gasteiger partial charge >= 0.3 is 0 Å². The summed E-state index contributed by atoms with van der Waals surface area (Å²) >= 11 is 0. The van der Waals surface area contributed by atoms with Crippen molar-refractivity contribution in [1.82, 2.24) is 35.6 Å². The average molecular weight is 794 g/mol. The van der Waals surface area contributed by atoms with Crippen LogP contribution in [0.4, 0.5) is 14.5 Å². The molecular weight excluding hydrogens is 753 g/mol. The molecule has 7 rings (SSSR count). The Morgan fingerprint density at radius 1 is 1.10 bits per heavy atom. The van der Waals surface area contributed by atoms with Crippen LogP contribution in [0.5, 0.6) is 0 Å². The first-order valence-electron chi connectivity index (χ1n) is 18.9. The summed E-state index contributed by atoms with van der Waals surface area (Å²) in [4.78, 5) is 72.9. The normalized spacial score (nSPS) is 17.2. The molecule has 1 aliphatic carbocycles. The molecule has 300 valence electrons. The molecule has 1 atom stereocenters. The molecule has 0 bridgehead atoms. The van der Waals surface area contributed by atoms with E-state index in [4.69, 9.17) is 4.42 Å². The third-order valence-corrected chi connectivity index (χ3v) is 10.1. The lowest BCUT2D eigenvalue weighted by atomic mass is 9.99. The SMILES string of the molecule is C=N/C(=C\C(=C/C)c1nc(C(=O)Nc2cn(-c3ccc(CNCCCc4cccc5c4C(=O)N(C4CCC(=O)NC4=O)C5=O)cc3)nc2C(F)F)co1)NCC1CC1. The number of piperidine rings is 1. The number of aromatic nitrogens is 3. The Balaban J connectivity index is 0.924. The molecule has 2 aliphatic heterocycles. The number of amides is 5. The number of carbonyl (C=O) groups is 5. The van der Waals surface area contributed by atoms with Gasteiger partial charge in [-0.1, -0.05) is 30.3 Å². The molecule has 17 heteroatoms. The molecule has 4 N–H and O–H groups in total. The maximum absolute atomic E-state index is 14.1. The van der Waals surface area contributed by atoms with Crippen molar-refractivity contribution < 1.29 is 37.2 Å². The molecule has 4 aromatic rings. The van der Waals surface area contributed by atoms with Gasteiger partial charge in [0.15, 0.2) is 11.4 Å². The second-order valence-electron chi connectivity index (χ2n) is 14.2. The van der Waals surface area contributed by atoms with Gasteiger partial charge in [-0.25, -0.2) is 23.4 Å². The molecule has 58 heavy (non-hydrogen) atoms. The van der Waals surface area contributed by atoms with E-state index in [1.165, 1.54) is 23.7 Å². The summed E-state index contributed by atoms with van der Waals surface area (Å²) in [5.41, 5.74) is 2.29. The topological polar surface area (TPSA) is 193 Å². The van der Waals surface area contributed by atoms with Crippen molar-refractivity contribution in [2.75, 3.05) is 18.4 Å². The minimum absolute atomic E-state index is 0.0487. The summed E-state index contributed by atoms with van der Waals surface area (Å²) in [5, 5.41) is 15.3. The van der Waals surface area contributed by atoms with E-state index in [0.717, 1.165) is 23.3 Å². The number of imide groups is 2. The van der Waals surface area contributed by atoms with Gasteiger partial charge in [0.05, 0.1) is 28.7 Å². The van der Waals surface area contributed by atoms with Gasteiger partial charge in [-0.05, 0) is 93.6 Å². The van der Waals surface area contributed by atoms with E-state index >= 15 is 0 Å². The number of rotatable bonds is 17. The van der Waals surface area contributed by atoms with Gasteiger partial charge in [-0.3, -0.25) is 34.2 Å². The maximum Gasteiger partial charge on any atom is 0.284 e. The highest BCUT2D eigenvalue weighted by Crippen LogP contribution is 2.32. The maximum atomic E-state index is 14.1. The monoisotopic (exact) mass is 793 g/mol. The lowest BCUT2D eigenvalue weighted by Gasteiger charge is -2.27. The quantitative estimate of drug-likeness (QED) is 0.0483. The predicted octanol–water partition coefficient (Wildman–Crippen LogP) is 5.12. The number of aryl methyl sites for hydroxylation is 1. The molecule has 1 unspecified atom stereocenters. The number of benzene rings is 2. The highest BCUT2D eigenvalue weighted by atomic mass is 19.3. The van der Waals surface area contributed by atoms with Crippen LogP contribution in [0.15, 0.2) is 82.3 Å². The molecule has 3 aliphatic rings. The Kier molecular flexibility index (Phi) is 11.8. The molecule has 2 aromatic carbocycles. The van der Waals surface area contributed by atoms with E-state index in [2.05, 4.69) is 43.1 Å². The van der Waals surface area contributed by atoms with E-state index in [1.54, 1.807) is 49.4 Å². The Morgan fingerprint density at radius 2 is 1.90 bits per heavy atom. The van der Waals surface area contributed by atoms with E-state index < -0.39 is 47.7 Å². The number of fused-ring (bicyclic) bond motifs is 1. The van der Waals surface area contributed by atoms with Gasteiger partial charge < -0.3 is 20.4 Å². The van der Waals surface area contributed by atoms with Crippen LogP contribution in [-0.2, 0) is 22.6 Å². The average Bonchev–Trinajstić information content (AvgIpc) is 3.62. The largest absolute Gasteiger partial charge is 0.444 e. The smallest absolute Gasteiger partial charge is 0.284 e. The fourth-order valence-electron chi connectivity index (χ4n) is 6.81. The molecule has 4 heterocycles. The number of oxazole rings is 1.